The molecule has 0 atom stereocenters. The lowest BCUT2D eigenvalue weighted by Crippen LogP contribution is -2.38. The second-order valence-electron chi connectivity index (χ2n) is 3.80. The first-order valence-corrected chi connectivity index (χ1v) is 5.93. The van der Waals surface area contributed by atoms with Crippen LogP contribution in [0.2, 0.25) is 0 Å². The van der Waals surface area contributed by atoms with E-state index < -0.39 is 0 Å². The number of nitrogens with two attached hydrogens (primary N) is 1. The summed E-state index contributed by atoms with van der Waals surface area (Å²) < 4.78 is 0. The number of aryl methyl sites for hydroxylation is 1. The van der Waals surface area contributed by atoms with Crippen LogP contribution >= 0.6 is 11.3 Å². The highest BCUT2D eigenvalue weighted by molar-refractivity contribution is 7.17. The molecule has 0 unspecified atom stereocenters. The summed E-state index contributed by atoms with van der Waals surface area (Å²) in [6.07, 6.45) is 0.915. The number of thiazole rings is 1. The Morgan fingerprint density at radius 2 is 2.06 bits per heavy atom. The van der Waals surface area contributed by atoms with Gasteiger partial charge in [0.05, 0.1) is 5.69 Å². The minimum Gasteiger partial charge on any atom is -0.375 e. The number of rotatable bonds is 1. The Labute approximate surface area is 97.3 Å². The molecule has 1 aliphatic rings. The summed E-state index contributed by atoms with van der Waals surface area (Å²) >= 11 is 1.21. The first kappa shape index (κ1) is 11.1. The summed E-state index contributed by atoms with van der Waals surface area (Å²) in [7, 11) is 0. The number of carbonyl (C=O) groups is 2. The zero-order valence-corrected chi connectivity index (χ0v) is 9.84. The van der Waals surface area contributed by atoms with Gasteiger partial charge in [0.15, 0.2) is 5.13 Å². The molecule has 86 valence electrons. The molecular weight excluding hydrogens is 226 g/mol. The Kier molecular flexibility index (Phi) is 2.91. The Hall–Kier alpha value is -1.43. The molecule has 2 rings (SSSR count). The van der Waals surface area contributed by atoms with Crippen LogP contribution < -0.4 is 5.73 Å². The predicted molar refractivity (Wildman–Crippen MR) is 61.4 cm³/mol. The van der Waals surface area contributed by atoms with Crippen molar-refractivity contribution in [2.45, 2.75) is 19.8 Å². The lowest BCUT2D eigenvalue weighted by atomic mass is 10.1. The predicted octanol–water partition coefficient (Wildman–Crippen LogP) is 0.839. The number of Topliss-reactive ketones (excluding diaryl/α,β-unsaturated/α-hetero) is 1. The second kappa shape index (κ2) is 4.21. The van der Waals surface area contributed by atoms with Gasteiger partial charge in [-0.05, 0) is 6.92 Å². The lowest BCUT2D eigenvalue weighted by molar-refractivity contribution is -0.120. The van der Waals surface area contributed by atoms with Crippen molar-refractivity contribution in [3.8, 4) is 0 Å². The van der Waals surface area contributed by atoms with Gasteiger partial charge in [0.25, 0.3) is 5.91 Å². The van der Waals surface area contributed by atoms with Crippen LogP contribution in [0.5, 0.6) is 0 Å². The van der Waals surface area contributed by atoms with Crippen molar-refractivity contribution < 1.29 is 9.59 Å². The van der Waals surface area contributed by atoms with Crippen molar-refractivity contribution in [1.82, 2.24) is 9.88 Å². The molecular formula is C10H13N3O2S. The molecule has 6 heteroatoms. The monoisotopic (exact) mass is 239 g/mol. The van der Waals surface area contributed by atoms with E-state index in [9.17, 15) is 9.59 Å². The molecule has 1 aliphatic heterocycles. The van der Waals surface area contributed by atoms with Crippen LogP contribution in [-0.4, -0.2) is 34.7 Å². The van der Waals surface area contributed by atoms with E-state index >= 15 is 0 Å². The SMILES string of the molecule is Cc1nc(N)sc1C(=O)N1CCC(=O)CC1. The highest BCUT2D eigenvalue weighted by Crippen LogP contribution is 2.22. The Morgan fingerprint density at radius 1 is 1.44 bits per heavy atom. The topological polar surface area (TPSA) is 76.3 Å². The molecule has 2 N–H and O–H groups in total. The molecule has 2 heterocycles. The minimum absolute atomic E-state index is 0.0563. The fourth-order valence-corrected chi connectivity index (χ4v) is 2.52. The lowest BCUT2D eigenvalue weighted by Gasteiger charge is -2.25. The quantitative estimate of drug-likeness (QED) is 0.787. The highest BCUT2D eigenvalue weighted by atomic mass is 32.1. The number of aromatic nitrogens is 1. The number of nitrogens with zero attached hydrogens (tertiary/aromatic N) is 2. The molecule has 0 saturated carbocycles. The molecule has 0 spiro atoms. The highest BCUT2D eigenvalue weighted by Gasteiger charge is 2.24. The molecule has 0 aliphatic carbocycles. The van der Waals surface area contributed by atoms with E-state index in [0.29, 0.717) is 41.6 Å². The number of nitrogen functional groups attached to an aromatic ring is 1. The van der Waals surface area contributed by atoms with Gasteiger partial charge >= 0.3 is 0 Å². The molecule has 0 aromatic carbocycles. The first-order chi connectivity index (χ1) is 7.58. The minimum atomic E-state index is -0.0563. The Bertz CT molecular complexity index is 431. The molecule has 1 fully saturated rings. The van der Waals surface area contributed by atoms with Gasteiger partial charge in [-0.15, -0.1) is 0 Å². The summed E-state index contributed by atoms with van der Waals surface area (Å²) in [6, 6.07) is 0. The van der Waals surface area contributed by atoms with Crippen LogP contribution in [0.1, 0.15) is 28.2 Å². The number of amides is 1. The van der Waals surface area contributed by atoms with Gasteiger partial charge in [-0.1, -0.05) is 11.3 Å². The zero-order chi connectivity index (χ0) is 11.7. The van der Waals surface area contributed by atoms with Crippen molar-refractivity contribution in [2.75, 3.05) is 18.8 Å². The van der Waals surface area contributed by atoms with E-state index in [1.807, 2.05) is 0 Å². The van der Waals surface area contributed by atoms with E-state index in [1.165, 1.54) is 11.3 Å². The number of anilines is 1. The van der Waals surface area contributed by atoms with Crippen LogP contribution in [-0.2, 0) is 4.79 Å². The van der Waals surface area contributed by atoms with Crippen molar-refractivity contribution in [3.05, 3.63) is 10.6 Å². The maximum Gasteiger partial charge on any atom is 0.265 e. The number of piperidine rings is 1. The van der Waals surface area contributed by atoms with E-state index in [1.54, 1.807) is 11.8 Å². The van der Waals surface area contributed by atoms with Crippen LogP contribution in [0.4, 0.5) is 5.13 Å². The van der Waals surface area contributed by atoms with Crippen molar-refractivity contribution in [3.63, 3.8) is 0 Å². The standard InChI is InChI=1S/C10H13N3O2S/c1-6-8(16-10(11)12-6)9(15)13-4-2-7(14)3-5-13/h2-5H2,1H3,(H2,11,12). The third kappa shape index (κ3) is 2.06. The van der Waals surface area contributed by atoms with Crippen molar-refractivity contribution in [2.24, 2.45) is 0 Å². The molecule has 0 radical (unpaired) electrons. The number of carbonyl (C=O) groups excluding carboxylic acids is 2. The average molecular weight is 239 g/mol. The summed E-state index contributed by atoms with van der Waals surface area (Å²) in [4.78, 5) is 29.5. The maximum atomic E-state index is 12.1. The fourth-order valence-electron chi connectivity index (χ4n) is 1.72. The van der Waals surface area contributed by atoms with E-state index in [4.69, 9.17) is 5.73 Å². The third-order valence-corrected chi connectivity index (χ3v) is 3.59. The zero-order valence-electron chi connectivity index (χ0n) is 9.02. The second-order valence-corrected chi connectivity index (χ2v) is 4.83. The molecule has 1 aromatic heterocycles. The Balaban J connectivity index is 2.13. The fraction of sp³-hybridized carbons (Fsp3) is 0.500. The summed E-state index contributed by atoms with van der Waals surface area (Å²) in [5, 5.41) is 0.411. The molecule has 1 aromatic rings. The van der Waals surface area contributed by atoms with Crippen LogP contribution in [0.3, 0.4) is 0 Å². The van der Waals surface area contributed by atoms with Crippen LogP contribution in [0, 0.1) is 6.92 Å². The first-order valence-electron chi connectivity index (χ1n) is 5.12. The van der Waals surface area contributed by atoms with Gasteiger partial charge in [0.1, 0.15) is 10.7 Å². The summed E-state index contributed by atoms with van der Waals surface area (Å²) in [6.45, 7) is 2.79. The molecule has 1 amide bonds. The summed E-state index contributed by atoms with van der Waals surface area (Å²) in [5.74, 6) is 0.170. The van der Waals surface area contributed by atoms with Gasteiger partial charge in [0, 0.05) is 25.9 Å². The number of ketones is 1. The van der Waals surface area contributed by atoms with Crippen LogP contribution in [0.25, 0.3) is 0 Å². The molecule has 5 nitrogen and oxygen atoms in total. The summed E-state index contributed by atoms with van der Waals surface area (Å²) in [5.41, 5.74) is 6.22. The Morgan fingerprint density at radius 3 is 2.56 bits per heavy atom. The van der Waals surface area contributed by atoms with Crippen molar-refractivity contribution >= 4 is 28.2 Å². The van der Waals surface area contributed by atoms with E-state index in [0.717, 1.165) is 0 Å². The number of hydrogen-bond donors (Lipinski definition) is 1. The number of hydrogen-bond acceptors (Lipinski definition) is 5. The maximum absolute atomic E-state index is 12.1. The van der Waals surface area contributed by atoms with E-state index in [2.05, 4.69) is 4.98 Å². The van der Waals surface area contributed by atoms with Gasteiger partial charge in [-0.3, -0.25) is 9.59 Å². The third-order valence-electron chi connectivity index (χ3n) is 2.62. The average Bonchev–Trinajstić information content (AvgIpc) is 2.58. The number of likely N-dealkylation sites (tertiary alicyclic amines) is 1. The normalized spacial score (nSPS) is 16.6. The van der Waals surface area contributed by atoms with Gasteiger partial charge in [0.2, 0.25) is 0 Å². The molecule has 16 heavy (non-hydrogen) atoms. The molecule has 1 saturated heterocycles. The largest absolute Gasteiger partial charge is 0.375 e. The van der Waals surface area contributed by atoms with E-state index in [-0.39, 0.29) is 11.7 Å². The van der Waals surface area contributed by atoms with Crippen LogP contribution in [0.15, 0.2) is 0 Å². The molecule has 0 bridgehead atoms. The smallest absolute Gasteiger partial charge is 0.265 e. The van der Waals surface area contributed by atoms with Gasteiger partial charge < -0.3 is 10.6 Å². The van der Waals surface area contributed by atoms with Gasteiger partial charge in [-0.25, -0.2) is 4.98 Å². The van der Waals surface area contributed by atoms with Crippen molar-refractivity contribution in [1.29, 1.82) is 0 Å². The van der Waals surface area contributed by atoms with Gasteiger partial charge in [-0.2, -0.15) is 0 Å².